The van der Waals surface area contributed by atoms with Crippen molar-refractivity contribution in [3.05, 3.63) is 28.7 Å². The summed E-state index contributed by atoms with van der Waals surface area (Å²) in [5.74, 6) is 1.96. The van der Waals surface area contributed by atoms with Gasteiger partial charge in [0.25, 0.3) is 0 Å². The summed E-state index contributed by atoms with van der Waals surface area (Å²) < 4.78 is 1.16. The van der Waals surface area contributed by atoms with Gasteiger partial charge in [0, 0.05) is 21.7 Å². The van der Waals surface area contributed by atoms with Gasteiger partial charge in [0.05, 0.1) is 0 Å². The van der Waals surface area contributed by atoms with Gasteiger partial charge in [0.15, 0.2) is 0 Å². The van der Waals surface area contributed by atoms with Crippen LogP contribution in [0.5, 0.6) is 0 Å². The Morgan fingerprint density at radius 3 is 2.82 bits per heavy atom. The van der Waals surface area contributed by atoms with Crippen molar-refractivity contribution in [3.63, 3.8) is 0 Å². The second-order valence-corrected chi connectivity index (χ2v) is 6.68. The van der Waals surface area contributed by atoms with E-state index in [9.17, 15) is 0 Å². The van der Waals surface area contributed by atoms with Gasteiger partial charge in [-0.15, -0.1) is 11.8 Å². The zero-order chi connectivity index (χ0) is 12.5. The largest absolute Gasteiger partial charge is 0.316 e. The lowest BCUT2D eigenvalue weighted by Crippen LogP contribution is -2.18. The first-order valence-electron chi connectivity index (χ1n) is 6.27. The molecular weight excluding hydrogens is 294 g/mol. The molecule has 0 bridgehead atoms. The fourth-order valence-corrected chi connectivity index (χ4v) is 2.98. The van der Waals surface area contributed by atoms with Crippen molar-refractivity contribution in [2.75, 3.05) is 18.8 Å². The molecule has 96 valence electrons. The molecule has 0 radical (unpaired) electrons. The first-order chi connectivity index (χ1) is 8.18. The molecule has 0 spiro atoms. The van der Waals surface area contributed by atoms with E-state index in [0.29, 0.717) is 0 Å². The van der Waals surface area contributed by atoms with Crippen LogP contribution in [0.2, 0.25) is 0 Å². The zero-order valence-corrected chi connectivity index (χ0v) is 13.1. The van der Waals surface area contributed by atoms with Crippen LogP contribution >= 0.6 is 27.7 Å². The van der Waals surface area contributed by atoms with Crippen LogP contribution in [0.4, 0.5) is 0 Å². The molecule has 0 atom stereocenters. The van der Waals surface area contributed by atoms with Crippen molar-refractivity contribution >= 4 is 27.7 Å². The number of hydrogen-bond donors (Lipinski definition) is 1. The van der Waals surface area contributed by atoms with E-state index in [1.807, 2.05) is 11.8 Å². The molecule has 0 unspecified atom stereocenters. The van der Waals surface area contributed by atoms with Crippen LogP contribution in [-0.2, 0) is 0 Å². The molecule has 0 fully saturated rings. The van der Waals surface area contributed by atoms with E-state index >= 15 is 0 Å². The fraction of sp³-hybridized carbons (Fsp3) is 0.571. The maximum absolute atomic E-state index is 3.49. The smallest absolute Gasteiger partial charge is 0.0186 e. The van der Waals surface area contributed by atoms with E-state index in [0.717, 1.165) is 29.2 Å². The van der Waals surface area contributed by atoms with Crippen LogP contribution < -0.4 is 5.32 Å². The Kier molecular flexibility index (Phi) is 7.99. The quantitative estimate of drug-likeness (QED) is 0.557. The van der Waals surface area contributed by atoms with E-state index in [-0.39, 0.29) is 0 Å². The van der Waals surface area contributed by atoms with Gasteiger partial charge in [-0.25, -0.2) is 0 Å². The van der Waals surface area contributed by atoms with E-state index in [4.69, 9.17) is 0 Å². The van der Waals surface area contributed by atoms with Crippen molar-refractivity contribution in [2.45, 2.75) is 31.6 Å². The number of halogens is 1. The predicted octanol–water partition coefficient (Wildman–Crippen LogP) is 4.57. The molecule has 0 aromatic heterocycles. The molecule has 0 aliphatic rings. The maximum atomic E-state index is 3.49. The minimum atomic E-state index is 0.827. The average Bonchev–Trinajstić information content (AvgIpc) is 2.27. The van der Waals surface area contributed by atoms with Gasteiger partial charge >= 0.3 is 0 Å². The Bertz CT molecular complexity index is 315. The van der Waals surface area contributed by atoms with E-state index in [1.165, 1.54) is 17.7 Å². The van der Waals surface area contributed by atoms with Crippen LogP contribution in [-0.4, -0.2) is 18.8 Å². The standard InChI is InChI=1S/C14H22BrNS/c1-12(2)5-4-8-16-9-10-17-14-7-3-6-13(15)11-14/h3,6-7,11-12,16H,4-5,8-10H2,1-2H3. The highest BCUT2D eigenvalue weighted by atomic mass is 79.9. The maximum Gasteiger partial charge on any atom is 0.0186 e. The topological polar surface area (TPSA) is 12.0 Å². The van der Waals surface area contributed by atoms with E-state index in [2.05, 4.69) is 59.4 Å². The van der Waals surface area contributed by atoms with Crippen LogP contribution in [0.3, 0.4) is 0 Å². The Labute approximate surface area is 118 Å². The van der Waals surface area contributed by atoms with Crippen LogP contribution in [0, 0.1) is 5.92 Å². The summed E-state index contributed by atoms with van der Waals surface area (Å²) in [4.78, 5) is 1.34. The van der Waals surface area contributed by atoms with Crippen molar-refractivity contribution < 1.29 is 0 Å². The molecule has 0 aliphatic heterocycles. The molecule has 0 aliphatic carbocycles. The Hall–Kier alpha value is 0.01000. The molecule has 1 nitrogen and oxygen atoms in total. The van der Waals surface area contributed by atoms with Gasteiger partial charge in [-0.05, 0) is 43.5 Å². The van der Waals surface area contributed by atoms with Crippen molar-refractivity contribution in [3.8, 4) is 0 Å². The molecule has 17 heavy (non-hydrogen) atoms. The summed E-state index contributed by atoms with van der Waals surface area (Å²) in [6, 6.07) is 8.48. The molecule has 1 aromatic carbocycles. The monoisotopic (exact) mass is 315 g/mol. The molecule has 0 amide bonds. The molecule has 1 aromatic rings. The molecule has 0 saturated carbocycles. The summed E-state index contributed by atoms with van der Waals surface area (Å²) in [5, 5.41) is 3.49. The van der Waals surface area contributed by atoms with Crippen molar-refractivity contribution in [1.82, 2.24) is 5.32 Å². The number of hydrogen-bond acceptors (Lipinski definition) is 2. The lowest BCUT2D eigenvalue weighted by atomic mass is 10.1. The third-order valence-electron chi connectivity index (χ3n) is 2.48. The molecule has 0 heterocycles. The summed E-state index contributed by atoms with van der Waals surface area (Å²) >= 11 is 5.40. The normalized spacial score (nSPS) is 11.1. The minimum Gasteiger partial charge on any atom is -0.316 e. The van der Waals surface area contributed by atoms with Gasteiger partial charge in [0.1, 0.15) is 0 Å². The number of rotatable bonds is 8. The SMILES string of the molecule is CC(C)CCCNCCSc1cccc(Br)c1. The molecule has 1 N–H and O–H groups in total. The van der Waals surface area contributed by atoms with Gasteiger partial charge in [-0.2, -0.15) is 0 Å². The van der Waals surface area contributed by atoms with E-state index < -0.39 is 0 Å². The molecule has 1 rings (SSSR count). The number of nitrogens with one attached hydrogen (secondary N) is 1. The van der Waals surface area contributed by atoms with Gasteiger partial charge < -0.3 is 5.32 Å². The van der Waals surface area contributed by atoms with Crippen LogP contribution in [0.15, 0.2) is 33.6 Å². The lowest BCUT2D eigenvalue weighted by Gasteiger charge is -2.06. The highest BCUT2D eigenvalue weighted by Gasteiger charge is 1.96. The Morgan fingerprint density at radius 1 is 1.29 bits per heavy atom. The second kappa shape index (κ2) is 9.01. The van der Waals surface area contributed by atoms with Crippen LogP contribution in [0.25, 0.3) is 0 Å². The fourth-order valence-electron chi connectivity index (χ4n) is 1.56. The predicted molar refractivity (Wildman–Crippen MR) is 81.8 cm³/mol. The lowest BCUT2D eigenvalue weighted by molar-refractivity contribution is 0.534. The third-order valence-corrected chi connectivity index (χ3v) is 3.97. The van der Waals surface area contributed by atoms with Crippen LogP contribution in [0.1, 0.15) is 26.7 Å². The summed E-state index contributed by atoms with van der Waals surface area (Å²) in [5.41, 5.74) is 0. The Morgan fingerprint density at radius 2 is 2.12 bits per heavy atom. The van der Waals surface area contributed by atoms with Gasteiger partial charge in [-0.3, -0.25) is 0 Å². The van der Waals surface area contributed by atoms with Crippen molar-refractivity contribution in [2.24, 2.45) is 5.92 Å². The van der Waals surface area contributed by atoms with Gasteiger partial charge in [0.2, 0.25) is 0 Å². The zero-order valence-electron chi connectivity index (χ0n) is 10.7. The minimum absolute atomic E-state index is 0.827. The van der Waals surface area contributed by atoms with Gasteiger partial charge in [-0.1, -0.05) is 35.8 Å². The highest BCUT2D eigenvalue weighted by Crippen LogP contribution is 2.21. The second-order valence-electron chi connectivity index (χ2n) is 4.59. The third kappa shape index (κ3) is 7.85. The first kappa shape index (κ1) is 15.1. The summed E-state index contributed by atoms with van der Waals surface area (Å²) in [7, 11) is 0. The molecule has 0 saturated heterocycles. The number of thioether (sulfide) groups is 1. The first-order valence-corrected chi connectivity index (χ1v) is 8.05. The highest BCUT2D eigenvalue weighted by molar-refractivity contribution is 9.10. The average molecular weight is 316 g/mol. The Balaban J connectivity index is 2.01. The van der Waals surface area contributed by atoms with Crippen molar-refractivity contribution in [1.29, 1.82) is 0 Å². The van der Waals surface area contributed by atoms with E-state index in [1.54, 1.807) is 0 Å². The molecule has 3 heteroatoms. The number of benzene rings is 1. The summed E-state index contributed by atoms with van der Waals surface area (Å²) in [6.45, 7) is 6.80. The summed E-state index contributed by atoms with van der Waals surface area (Å²) in [6.07, 6.45) is 2.62. The molecular formula is C14H22BrNS.